The number of ether oxygens (including phenoxy) is 2. The fourth-order valence-electron chi connectivity index (χ4n) is 5.72. The lowest BCUT2D eigenvalue weighted by Crippen LogP contribution is -2.55. The molecule has 0 saturated carbocycles. The number of esters is 2. The number of aliphatic hydroxyl groups excluding tert-OH is 2. The van der Waals surface area contributed by atoms with Crippen molar-refractivity contribution < 1.29 is 48.5 Å². The molecule has 4 amide bonds. The SMILES string of the molecule is CCCCCCCC1CC(=O)N[C@@H](CO)C(=O)N[C@@H](CC(C)C)C(=O)OC(CCCCC)CC(=O)N[C@H](CC(C)C)C(=O)N[C@@H](CO)C(=O)O1. The number of cyclic esters (lactones) is 2. The molecule has 1 rings (SSSR count). The summed E-state index contributed by atoms with van der Waals surface area (Å²) < 4.78 is 11.5. The van der Waals surface area contributed by atoms with Crippen molar-refractivity contribution in [1.29, 1.82) is 0 Å². The number of rotatable bonds is 16. The van der Waals surface area contributed by atoms with Gasteiger partial charge in [0.05, 0.1) is 26.1 Å². The number of hydrogen-bond donors (Lipinski definition) is 6. The highest BCUT2D eigenvalue weighted by Crippen LogP contribution is 2.17. The number of unbranched alkanes of at least 4 members (excludes halogenated alkanes) is 6. The van der Waals surface area contributed by atoms with Gasteiger partial charge in [0.25, 0.3) is 0 Å². The number of amides is 4. The van der Waals surface area contributed by atoms with E-state index in [1.54, 1.807) is 0 Å². The van der Waals surface area contributed by atoms with Crippen molar-refractivity contribution in [3.05, 3.63) is 0 Å². The highest BCUT2D eigenvalue weighted by molar-refractivity contribution is 5.92. The minimum absolute atomic E-state index is 0.0342. The molecule has 1 fully saturated rings. The zero-order valence-electron chi connectivity index (χ0n) is 31.1. The van der Waals surface area contributed by atoms with Gasteiger partial charge in [-0.3, -0.25) is 19.2 Å². The molecule has 50 heavy (non-hydrogen) atoms. The molecule has 6 atom stereocenters. The molecule has 0 aromatic heterocycles. The third-order valence-electron chi connectivity index (χ3n) is 8.44. The van der Waals surface area contributed by atoms with E-state index in [9.17, 15) is 39.0 Å². The maximum absolute atomic E-state index is 13.5. The summed E-state index contributed by atoms with van der Waals surface area (Å²) in [7, 11) is 0. The van der Waals surface area contributed by atoms with Crippen LogP contribution < -0.4 is 21.3 Å². The topological polar surface area (TPSA) is 209 Å². The Balaban J connectivity index is 3.50. The molecule has 1 saturated heterocycles. The summed E-state index contributed by atoms with van der Waals surface area (Å²) in [5.74, 6) is -4.51. The van der Waals surface area contributed by atoms with Gasteiger partial charge in [0.1, 0.15) is 30.3 Å². The van der Waals surface area contributed by atoms with Crippen LogP contribution >= 0.6 is 0 Å². The van der Waals surface area contributed by atoms with Crippen LogP contribution in [0.25, 0.3) is 0 Å². The van der Waals surface area contributed by atoms with Crippen LogP contribution in [0.4, 0.5) is 0 Å². The number of nitrogens with one attached hydrogen (secondary N) is 4. The van der Waals surface area contributed by atoms with Crippen molar-refractivity contribution in [3.8, 4) is 0 Å². The van der Waals surface area contributed by atoms with Gasteiger partial charge >= 0.3 is 11.9 Å². The zero-order chi connectivity index (χ0) is 37.6. The first-order valence-corrected chi connectivity index (χ1v) is 18.6. The molecular formula is C36H64N4O10. The van der Waals surface area contributed by atoms with Gasteiger partial charge in [0.15, 0.2) is 6.04 Å². The molecular weight excluding hydrogens is 648 g/mol. The first kappa shape index (κ1) is 44.8. The van der Waals surface area contributed by atoms with Gasteiger partial charge in [-0.1, -0.05) is 80.1 Å². The second-order valence-corrected chi connectivity index (χ2v) is 14.2. The minimum atomic E-state index is -1.47. The van der Waals surface area contributed by atoms with E-state index in [2.05, 4.69) is 28.2 Å². The lowest BCUT2D eigenvalue weighted by Gasteiger charge is -2.27. The number of carbonyl (C=O) groups excluding carboxylic acids is 6. The Bertz CT molecular complexity index is 1070. The Hall–Kier alpha value is -3.26. The van der Waals surface area contributed by atoms with Crippen molar-refractivity contribution >= 4 is 35.6 Å². The van der Waals surface area contributed by atoms with Crippen LogP contribution in [0, 0.1) is 11.8 Å². The summed E-state index contributed by atoms with van der Waals surface area (Å²) in [6.07, 6.45) is 5.52. The molecule has 288 valence electrons. The van der Waals surface area contributed by atoms with E-state index < -0.39 is 85.2 Å². The first-order chi connectivity index (χ1) is 23.7. The lowest BCUT2D eigenvalue weighted by atomic mass is 10.0. The maximum Gasteiger partial charge on any atom is 0.331 e. The Morgan fingerprint density at radius 2 is 0.960 bits per heavy atom. The van der Waals surface area contributed by atoms with Gasteiger partial charge < -0.3 is 41.0 Å². The van der Waals surface area contributed by atoms with Crippen molar-refractivity contribution in [2.24, 2.45) is 11.8 Å². The second kappa shape index (κ2) is 24.8. The normalized spacial score (nSPS) is 25.3. The van der Waals surface area contributed by atoms with E-state index in [4.69, 9.17) is 9.47 Å². The fraction of sp³-hybridized carbons (Fsp3) is 0.833. The van der Waals surface area contributed by atoms with Crippen LogP contribution in [0.15, 0.2) is 0 Å². The molecule has 1 aliphatic heterocycles. The zero-order valence-corrected chi connectivity index (χ0v) is 31.1. The largest absolute Gasteiger partial charge is 0.460 e. The van der Waals surface area contributed by atoms with E-state index in [1.807, 2.05) is 34.6 Å². The summed E-state index contributed by atoms with van der Waals surface area (Å²) >= 11 is 0. The first-order valence-electron chi connectivity index (χ1n) is 18.6. The number of aliphatic hydroxyl groups is 2. The Kier molecular flexibility index (Phi) is 22.2. The van der Waals surface area contributed by atoms with Crippen molar-refractivity contribution in [1.82, 2.24) is 21.3 Å². The Morgan fingerprint density at radius 3 is 1.46 bits per heavy atom. The highest BCUT2D eigenvalue weighted by atomic mass is 16.6. The quantitative estimate of drug-likeness (QED) is 0.102. The molecule has 1 heterocycles. The summed E-state index contributed by atoms with van der Waals surface area (Å²) in [5.41, 5.74) is 0. The predicted octanol–water partition coefficient (Wildman–Crippen LogP) is 2.56. The highest BCUT2D eigenvalue weighted by Gasteiger charge is 2.33. The van der Waals surface area contributed by atoms with E-state index in [0.717, 1.165) is 38.5 Å². The fourth-order valence-corrected chi connectivity index (χ4v) is 5.72. The summed E-state index contributed by atoms with van der Waals surface area (Å²) in [6.45, 7) is 9.98. The average molecular weight is 713 g/mol. The summed E-state index contributed by atoms with van der Waals surface area (Å²) in [4.78, 5) is 79.9. The van der Waals surface area contributed by atoms with Crippen LogP contribution in [0.1, 0.15) is 131 Å². The standard InChI is InChI=1S/C36H64N4O10/c1-7-9-11-12-14-16-26-20-32(44)38-29(21-41)34(46)39-28(18-24(5)6)35(47)49-25(15-13-10-8-2)19-31(43)37-27(17-23(3)4)33(45)40-30(22-42)36(48)50-26/h23-30,41-42H,7-22H2,1-6H3,(H,37,43)(H,38,44)(H,39,46)(H,40,45)/t25?,26?,27-,28+,29+,30+/m1/s1. The molecule has 14 heteroatoms. The van der Waals surface area contributed by atoms with Gasteiger partial charge in [-0.05, 0) is 50.4 Å². The van der Waals surface area contributed by atoms with Gasteiger partial charge in [-0.2, -0.15) is 0 Å². The predicted molar refractivity (Wildman–Crippen MR) is 187 cm³/mol. The third-order valence-corrected chi connectivity index (χ3v) is 8.44. The van der Waals surface area contributed by atoms with Gasteiger partial charge in [0, 0.05) is 0 Å². The lowest BCUT2D eigenvalue weighted by molar-refractivity contribution is -0.156. The minimum Gasteiger partial charge on any atom is -0.460 e. The van der Waals surface area contributed by atoms with Crippen LogP contribution in [-0.2, 0) is 38.2 Å². The van der Waals surface area contributed by atoms with Crippen LogP contribution in [-0.4, -0.2) is 95.4 Å². The molecule has 0 bridgehead atoms. The molecule has 0 aromatic rings. The number of hydrogen-bond acceptors (Lipinski definition) is 10. The molecule has 0 spiro atoms. The second-order valence-electron chi connectivity index (χ2n) is 14.2. The molecule has 6 N–H and O–H groups in total. The van der Waals surface area contributed by atoms with E-state index >= 15 is 0 Å². The van der Waals surface area contributed by atoms with Gasteiger partial charge in [-0.15, -0.1) is 0 Å². The van der Waals surface area contributed by atoms with Crippen molar-refractivity contribution in [3.63, 3.8) is 0 Å². The van der Waals surface area contributed by atoms with E-state index in [1.165, 1.54) is 0 Å². The molecule has 14 nitrogen and oxygen atoms in total. The van der Waals surface area contributed by atoms with Gasteiger partial charge in [-0.25, -0.2) is 9.59 Å². The summed E-state index contributed by atoms with van der Waals surface area (Å²) in [6, 6.07) is -5.07. The van der Waals surface area contributed by atoms with Crippen molar-refractivity contribution in [2.75, 3.05) is 13.2 Å². The molecule has 0 radical (unpaired) electrons. The molecule has 0 aliphatic carbocycles. The molecule has 0 aromatic carbocycles. The monoisotopic (exact) mass is 712 g/mol. The maximum atomic E-state index is 13.5. The third kappa shape index (κ3) is 18.1. The van der Waals surface area contributed by atoms with Crippen LogP contribution in [0.2, 0.25) is 0 Å². The van der Waals surface area contributed by atoms with E-state index in [0.29, 0.717) is 25.7 Å². The van der Waals surface area contributed by atoms with Crippen LogP contribution in [0.3, 0.4) is 0 Å². The number of carbonyl (C=O) groups is 6. The average Bonchev–Trinajstić information content (AvgIpc) is 3.04. The smallest absolute Gasteiger partial charge is 0.331 e. The van der Waals surface area contributed by atoms with E-state index in [-0.39, 0.29) is 37.5 Å². The molecule has 1 aliphatic rings. The summed E-state index contributed by atoms with van der Waals surface area (Å²) in [5, 5.41) is 30.4. The van der Waals surface area contributed by atoms with Gasteiger partial charge in [0.2, 0.25) is 23.6 Å². The molecule has 2 unspecified atom stereocenters. The Labute approximate surface area is 297 Å². The van der Waals surface area contributed by atoms with Crippen LogP contribution in [0.5, 0.6) is 0 Å². The Morgan fingerprint density at radius 1 is 0.560 bits per heavy atom. The van der Waals surface area contributed by atoms with Crippen molar-refractivity contribution in [2.45, 2.75) is 168 Å².